The van der Waals surface area contributed by atoms with Crippen LogP contribution in [-0.2, 0) is 0 Å². The van der Waals surface area contributed by atoms with Gasteiger partial charge in [0.25, 0.3) is 11.6 Å². The highest BCUT2D eigenvalue weighted by molar-refractivity contribution is 9.10. The number of carbonyl (C=O) groups is 1. The van der Waals surface area contributed by atoms with Crippen molar-refractivity contribution in [1.82, 2.24) is 4.98 Å². The van der Waals surface area contributed by atoms with E-state index in [0.717, 1.165) is 12.1 Å². The van der Waals surface area contributed by atoms with Crippen LogP contribution in [0.2, 0.25) is 0 Å². The second-order valence-electron chi connectivity index (χ2n) is 3.73. The lowest BCUT2D eigenvalue weighted by atomic mass is 10.1. The van der Waals surface area contributed by atoms with Gasteiger partial charge in [0.1, 0.15) is 11.4 Å². The van der Waals surface area contributed by atoms with Gasteiger partial charge in [0, 0.05) is 12.4 Å². The summed E-state index contributed by atoms with van der Waals surface area (Å²) in [5.41, 5.74) is -0.406. The van der Waals surface area contributed by atoms with Crippen molar-refractivity contribution in [1.29, 1.82) is 0 Å². The fraction of sp³-hybridized carbons (Fsp3) is 0. The van der Waals surface area contributed by atoms with E-state index in [-0.39, 0.29) is 5.56 Å². The molecular formula is C12H7BrFN3O3. The number of nitro groups is 1. The SMILES string of the molecule is O=C(Nc1ccncc1Br)c1ccc(F)cc1[N+](=O)[O-]. The lowest BCUT2D eigenvalue weighted by Gasteiger charge is -2.07. The molecule has 0 aliphatic rings. The Labute approximate surface area is 120 Å². The number of hydrogen-bond acceptors (Lipinski definition) is 4. The number of nitrogens with one attached hydrogen (secondary N) is 1. The number of pyridine rings is 1. The van der Waals surface area contributed by atoms with E-state index in [9.17, 15) is 19.3 Å². The van der Waals surface area contributed by atoms with Crippen LogP contribution in [0.5, 0.6) is 0 Å². The zero-order chi connectivity index (χ0) is 14.7. The minimum Gasteiger partial charge on any atom is -0.321 e. The van der Waals surface area contributed by atoms with Crippen molar-refractivity contribution in [3.63, 3.8) is 0 Å². The molecule has 0 unspecified atom stereocenters. The van der Waals surface area contributed by atoms with Crippen LogP contribution in [0, 0.1) is 15.9 Å². The van der Waals surface area contributed by atoms with Crippen molar-refractivity contribution < 1.29 is 14.1 Å². The zero-order valence-electron chi connectivity index (χ0n) is 9.84. The van der Waals surface area contributed by atoms with E-state index >= 15 is 0 Å². The van der Waals surface area contributed by atoms with Gasteiger partial charge in [-0.15, -0.1) is 0 Å². The molecule has 0 bridgehead atoms. The Morgan fingerprint density at radius 1 is 1.40 bits per heavy atom. The molecule has 20 heavy (non-hydrogen) atoms. The third kappa shape index (κ3) is 2.97. The first-order valence-electron chi connectivity index (χ1n) is 5.34. The molecule has 0 aliphatic heterocycles. The molecule has 6 nitrogen and oxygen atoms in total. The first-order chi connectivity index (χ1) is 9.49. The summed E-state index contributed by atoms with van der Waals surface area (Å²) < 4.78 is 13.5. The Hall–Kier alpha value is -2.35. The number of amides is 1. The molecule has 1 aromatic carbocycles. The third-order valence-corrected chi connectivity index (χ3v) is 3.05. The summed E-state index contributed by atoms with van der Waals surface area (Å²) in [6.07, 6.45) is 2.92. The maximum atomic E-state index is 13.0. The summed E-state index contributed by atoms with van der Waals surface area (Å²) in [5, 5.41) is 13.3. The van der Waals surface area contributed by atoms with Crippen LogP contribution < -0.4 is 5.32 Å². The molecule has 1 amide bonds. The minimum absolute atomic E-state index is 0.222. The van der Waals surface area contributed by atoms with E-state index in [1.807, 2.05) is 0 Å². The van der Waals surface area contributed by atoms with Crippen LogP contribution in [0.1, 0.15) is 10.4 Å². The van der Waals surface area contributed by atoms with Crippen molar-refractivity contribution in [3.8, 4) is 0 Å². The molecule has 2 rings (SSSR count). The molecule has 1 N–H and O–H groups in total. The smallest absolute Gasteiger partial charge is 0.285 e. The molecule has 2 aromatic rings. The first kappa shape index (κ1) is 14.1. The molecule has 1 heterocycles. The first-order valence-corrected chi connectivity index (χ1v) is 6.13. The van der Waals surface area contributed by atoms with Crippen LogP contribution in [0.25, 0.3) is 0 Å². The molecule has 8 heteroatoms. The average Bonchev–Trinajstić information content (AvgIpc) is 2.41. The van der Waals surface area contributed by atoms with E-state index in [0.29, 0.717) is 16.2 Å². The number of halogens is 2. The Balaban J connectivity index is 2.35. The highest BCUT2D eigenvalue weighted by Gasteiger charge is 2.21. The summed E-state index contributed by atoms with van der Waals surface area (Å²) >= 11 is 3.19. The van der Waals surface area contributed by atoms with Gasteiger partial charge in [0.15, 0.2) is 0 Å². The maximum Gasteiger partial charge on any atom is 0.285 e. The molecule has 1 aromatic heterocycles. The molecule has 0 aliphatic carbocycles. The number of hydrogen-bond donors (Lipinski definition) is 1. The number of aromatic nitrogens is 1. The summed E-state index contributed by atoms with van der Waals surface area (Å²) in [5.74, 6) is -1.48. The van der Waals surface area contributed by atoms with E-state index in [2.05, 4.69) is 26.2 Å². The molecule has 0 saturated heterocycles. The van der Waals surface area contributed by atoms with Crippen LogP contribution >= 0.6 is 15.9 Å². The zero-order valence-corrected chi connectivity index (χ0v) is 11.4. The highest BCUT2D eigenvalue weighted by Crippen LogP contribution is 2.24. The number of rotatable bonds is 3. The van der Waals surface area contributed by atoms with Gasteiger partial charge in [-0.25, -0.2) is 4.39 Å². The van der Waals surface area contributed by atoms with Crippen molar-refractivity contribution in [2.75, 3.05) is 5.32 Å². The molecule has 102 valence electrons. The number of nitrogens with zero attached hydrogens (tertiary/aromatic N) is 2. The monoisotopic (exact) mass is 339 g/mol. The quantitative estimate of drug-likeness (QED) is 0.687. The minimum atomic E-state index is -0.806. The van der Waals surface area contributed by atoms with Gasteiger partial charge in [-0.2, -0.15) is 0 Å². The van der Waals surface area contributed by atoms with Gasteiger partial charge in [-0.05, 0) is 34.1 Å². The van der Waals surface area contributed by atoms with Crippen LogP contribution in [-0.4, -0.2) is 15.8 Å². The predicted octanol–water partition coefficient (Wildman–Crippen LogP) is 3.14. The summed E-state index contributed by atoms with van der Waals surface area (Å²) in [4.78, 5) is 25.9. The van der Waals surface area contributed by atoms with Crippen LogP contribution in [0.3, 0.4) is 0 Å². The molecule has 0 saturated carbocycles. The summed E-state index contributed by atoms with van der Waals surface area (Å²) in [6.45, 7) is 0. The van der Waals surface area contributed by atoms with Gasteiger partial charge in [0.05, 0.1) is 21.1 Å². The van der Waals surface area contributed by atoms with Gasteiger partial charge >= 0.3 is 0 Å². The molecule has 0 fully saturated rings. The predicted molar refractivity (Wildman–Crippen MR) is 72.9 cm³/mol. The fourth-order valence-electron chi connectivity index (χ4n) is 1.51. The van der Waals surface area contributed by atoms with E-state index < -0.39 is 22.3 Å². The Morgan fingerprint density at radius 3 is 2.80 bits per heavy atom. The summed E-state index contributed by atoms with van der Waals surface area (Å²) in [7, 11) is 0. The standard InChI is InChI=1S/C12H7BrFN3O3/c13-9-6-15-4-3-10(9)16-12(18)8-2-1-7(14)5-11(8)17(19)20/h1-6H,(H,15,16,18). The Bertz CT molecular complexity index is 693. The maximum absolute atomic E-state index is 13.0. The third-order valence-electron chi connectivity index (χ3n) is 2.42. The lowest BCUT2D eigenvalue weighted by molar-refractivity contribution is -0.385. The molecular weight excluding hydrogens is 333 g/mol. The van der Waals surface area contributed by atoms with E-state index in [1.165, 1.54) is 18.5 Å². The van der Waals surface area contributed by atoms with E-state index in [4.69, 9.17) is 0 Å². The number of carbonyl (C=O) groups excluding carboxylic acids is 1. The van der Waals surface area contributed by atoms with Gasteiger partial charge < -0.3 is 5.32 Å². The topological polar surface area (TPSA) is 85.1 Å². The van der Waals surface area contributed by atoms with Crippen LogP contribution in [0.4, 0.5) is 15.8 Å². The van der Waals surface area contributed by atoms with E-state index in [1.54, 1.807) is 0 Å². The van der Waals surface area contributed by atoms with Crippen molar-refractivity contribution in [3.05, 3.63) is 62.6 Å². The number of benzene rings is 1. The molecule has 0 atom stereocenters. The van der Waals surface area contributed by atoms with Crippen LogP contribution in [0.15, 0.2) is 41.1 Å². The van der Waals surface area contributed by atoms with Crippen molar-refractivity contribution >= 4 is 33.2 Å². The second-order valence-corrected chi connectivity index (χ2v) is 4.58. The van der Waals surface area contributed by atoms with Crippen molar-refractivity contribution in [2.24, 2.45) is 0 Å². The van der Waals surface area contributed by atoms with Gasteiger partial charge in [-0.1, -0.05) is 0 Å². The fourth-order valence-corrected chi connectivity index (χ4v) is 1.86. The normalized spacial score (nSPS) is 10.1. The van der Waals surface area contributed by atoms with Gasteiger partial charge in [-0.3, -0.25) is 19.9 Å². The highest BCUT2D eigenvalue weighted by atomic mass is 79.9. The lowest BCUT2D eigenvalue weighted by Crippen LogP contribution is -2.14. The molecule has 0 spiro atoms. The Kier molecular flexibility index (Phi) is 4.04. The van der Waals surface area contributed by atoms with Gasteiger partial charge in [0.2, 0.25) is 0 Å². The average molecular weight is 340 g/mol. The number of anilines is 1. The van der Waals surface area contributed by atoms with Crippen molar-refractivity contribution in [2.45, 2.75) is 0 Å². The largest absolute Gasteiger partial charge is 0.321 e. The molecule has 0 radical (unpaired) electrons. The second kappa shape index (κ2) is 5.74. The number of nitro benzene ring substituents is 1. The Morgan fingerprint density at radius 2 is 2.15 bits per heavy atom. The summed E-state index contributed by atoms with van der Waals surface area (Å²) in [6, 6.07) is 4.29.